The summed E-state index contributed by atoms with van der Waals surface area (Å²) in [4.78, 5) is 46.9. The molecule has 0 heterocycles. The average Bonchev–Trinajstić information content (AvgIpc) is 2.78. The van der Waals surface area contributed by atoms with Gasteiger partial charge in [0.25, 0.3) is 0 Å². The lowest BCUT2D eigenvalue weighted by atomic mass is 9.90. The molecule has 4 atom stereocenters. The van der Waals surface area contributed by atoms with Crippen LogP contribution >= 0.6 is 0 Å². The van der Waals surface area contributed by atoms with Crippen molar-refractivity contribution in [2.24, 2.45) is 23.7 Å². The molecular weight excluding hydrogens is 412 g/mol. The van der Waals surface area contributed by atoms with E-state index in [1.54, 1.807) is 6.92 Å². The molecule has 0 aromatic heterocycles. The fourth-order valence-electron chi connectivity index (χ4n) is 3.60. The van der Waals surface area contributed by atoms with Gasteiger partial charge in [0.1, 0.15) is 25.3 Å². The Morgan fingerprint density at radius 2 is 1.09 bits per heavy atom. The second-order valence-corrected chi connectivity index (χ2v) is 8.33. The van der Waals surface area contributed by atoms with E-state index in [1.807, 2.05) is 27.7 Å². The van der Waals surface area contributed by atoms with Crippen molar-refractivity contribution in [2.75, 3.05) is 26.4 Å². The monoisotopic (exact) mass is 456 g/mol. The van der Waals surface area contributed by atoms with Gasteiger partial charge < -0.3 is 19.0 Å². The van der Waals surface area contributed by atoms with E-state index in [0.29, 0.717) is 38.5 Å². The van der Waals surface area contributed by atoms with Crippen molar-refractivity contribution in [3.63, 3.8) is 0 Å². The van der Waals surface area contributed by atoms with Crippen molar-refractivity contribution < 1.29 is 33.4 Å². The standard InChI is InChI=1S/C25H44O7/c1-6-20(18-26)10-11-22(8-3)24(28)31-16-14-30-15-17-32-25(29)23(9-4)13-12-21(7-2)19(5)27/h18,20-23H,6-17H2,1-5H3. The molecule has 0 bridgehead atoms. The van der Waals surface area contributed by atoms with Crippen LogP contribution in [0.3, 0.4) is 0 Å². The highest BCUT2D eigenvalue weighted by molar-refractivity contribution is 5.78. The van der Waals surface area contributed by atoms with Gasteiger partial charge in [0.05, 0.1) is 25.0 Å². The van der Waals surface area contributed by atoms with E-state index < -0.39 is 0 Å². The first-order valence-electron chi connectivity index (χ1n) is 12.2. The van der Waals surface area contributed by atoms with Crippen molar-refractivity contribution in [2.45, 2.75) is 86.0 Å². The van der Waals surface area contributed by atoms with Crippen molar-refractivity contribution in [1.29, 1.82) is 0 Å². The zero-order valence-electron chi connectivity index (χ0n) is 20.7. The van der Waals surface area contributed by atoms with Crippen molar-refractivity contribution in [3.05, 3.63) is 0 Å². The number of rotatable bonds is 20. The van der Waals surface area contributed by atoms with Crippen LogP contribution in [-0.4, -0.2) is 50.4 Å². The first-order chi connectivity index (χ1) is 15.3. The van der Waals surface area contributed by atoms with Crippen LogP contribution in [0.4, 0.5) is 0 Å². The number of carbonyl (C=O) groups is 4. The number of aldehydes is 1. The first kappa shape index (κ1) is 30.2. The van der Waals surface area contributed by atoms with E-state index in [-0.39, 0.29) is 67.8 Å². The molecule has 0 aromatic rings. The Kier molecular flexibility index (Phi) is 17.7. The van der Waals surface area contributed by atoms with Gasteiger partial charge in [-0.2, -0.15) is 0 Å². The third kappa shape index (κ3) is 12.9. The third-order valence-electron chi connectivity index (χ3n) is 6.13. The van der Waals surface area contributed by atoms with E-state index >= 15 is 0 Å². The molecule has 32 heavy (non-hydrogen) atoms. The van der Waals surface area contributed by atoms with Crippen LogP contribution in [0.5, 0.6) is 0 Å². The van der Waals surface area contributed by atoms with E-state index in [2.05, 4.69) is 0 Å². The Labute approximate surface area is 193 Å². The highest BCUT2D eigenvalue weighted by Gasteiger charge is 2.21. The Morgan fingerprint density at radius 1 is 0.656 bits per heavy atom. The van der Waals surface area contributed by atoms with Gasteiger partial charge in [-0.25, -0.2) is 0 Å². The predicted molar refractivity (Wildman–Crippen MR) is 123 cm³/mol. The number of carbonyl (C=O) groups excluding carboxylic acids is 4. The number of ketones is 1. The maximum absolute atomic E-state index is 12.2. The van der Waals surface area contributed by atoms with Gasteiger partial charge in [-0.05, 0) is 58.3 Å². The van der Waals surface area contributed by atoms with Gasteiger partial charge in [0.2, 0.25) is 0 Å². The lowest BCUT2D eigenvalue weighted by Crippen LogP contribution is -2.22. The van der Waals surface area contributed by atoms with Gasteiger partial charge >= 0.3 is 11.9 Å². The molecule has 0 radical (unpaired) electrons. The quantitative estimate of drug-likeness (QED) is 0.151. The van der Waals surface area contributed by atoms with Crippen LogP contribution in [0.15, 0.2) is 0 Å². The van der Waals surface area contributed by atoms with Gasteiger partial charge in [0, 0.05) is 11.8 Å². The Hall–Kier alpha value is -1.76. The van der Waals surface area contributed by atoms with E-state index in [0.717, 1.165) is 19.1 Å². The van der Waals surface area contributed by atoms with Gasteiger partial charge in [-0.1, -0.05) is 27.7 Å². The molecule has 0 rings (SSSR count). The summed E-state index contributed by atoms with van der Waals surface area (Å²) in [5.74, 6) is -0.752. The molecule has 0 amide bonds. The summed E-state index contributed by atoms with van der Waals surface area (Å²) in [6, 6.07) is 0. The van der Waals surface area contributed by atoms with E-state index in [1.165, 1.54) is 0 Å². The number of ether oxygens (including phenoxy) is 3. The SMILES string of the molecule is CCC(C=O)CCC(CC)C(=O)OCCOCCOC(=O)C(CC)CCC(CC)C(C)=O. The molecule has 7 heteroatoms. The smallest absolute Gasteiger partial charge is 0.308 e. The molecule has 0 saturated heterocycles. The number of hydrogen-bond donors (Lipinski definition) is 0. The number of esters is 2. The summed E-state index contributed by atoms with van der Waals surface area (Å²) >= 11 is 0. The zero-order chi connectivity index (χ0) is 24.4. The zero-order valence-corrected chi connectivity index (χ0v) is 20.7. The lowest BCUT2D eigenvalue weighted by Gasteiger charge is -2.17. The molecule has 7 nitrogen and oxygen atoms in total. The second-order valence-electron chi connectivity index (χ2n) is 8.33. The lowest BCUT2D eigenvalue weighted by molar-refractivity contribution is -0.152. The predicted octanol–water partition coefficient (Wildman–Crippen LogP) is 4.54. The number of hydrogen-bond acceptors (Lipinski definition) is 7. The highest BCUT2D eigenvalue weighted by atomic mass is 16.6. The Bertz CT molecular complexity index is 546. The topological polar surface area (TPSA) is 96.0 Å². The molecule has 0 spiro atoms. The maximum atomic E-state index is 12.2. The van der Waals surface area contributed by atoms with Crippen molar-refractivity contribution >= 4 is 24.0 Å². The molecule has 0 N–H and O–H groups in total. The van der Waals surface area contributed by atoms with Gasteiger partial charge in [-0.15, -0.1) is 0 Å². The van der Waals surface area contributed by atoms with E-state index in [4.69, 9.17) is 14.2 Å². The molecule has 4 unspecified atom stereocenters. The highest BCUT2D eigenvalue weighted by Crippen LogP contribution is 2.20. The molecule has 0 aliphatic carbocycles. The summed E-state index contributed by atoms with van der Waals surface area (Å²) in [7, 11) is 0. The minimum absolute atomic E-state index is 0.00240. The van der Waals surface area contributed by atoms with Crippen LogP contribution in [-0.2, 0) is 33.4 Å². The largest absolute Gasteiger partial charge is 0.463 e. The first-order valence-corrected chi connectivity index (χ1v) is 12.2. The second kappa shape index (κ2) is 18.8. The molecule has 0 aliphatic rings. The van der Waals surface area contributed by atoms with E-state index in [9.17, 15) is 19.2 Å². The van der Waals surface area contributed by atoms with Crippen molar-refractivity contribution in [3.8, 4) is 0 Å². The third-order valence-corrected chi connectivity index (χ3v) is 6.13. The molecule has 186 valence electrons. The molecule has 0 saturated carbocycles. The van der Waals surface area contributed by atoms with Crippen molar-refractivity contribution in [1.82, 2.24) is 0 Å². The van der Waals surface area contributed by atoms with Crippen LogP contribution in [0.25, 0.3) is 0 Å². The summed E-state index contributed by atoms with van der Waals surface area (Å²) in [5, 5.41) is 0. The summed E-state index contributed by atoms with van der Waals surface area (Å²) in [5.41, 5.74) is 0. The molecule has 0 aliphatic heterocycles. The van der Waals surface area contributed by atoms with Gasteiger partial charge in [0.15, 0.2) is 0 Å². The summed E-state index contributed by atoms with van der Waals surface area (Å²) < 4.78 is 16.0. The molecular formula is C25H44O7. The summed E-state index contributed by atoms with van der Waals surface area (Å²) in [6.07, 6.45) is 6.57. The normalized spacial score (nSPS) is 14.8. The van der Waals surface area contributed by atoms with Gasteiger partial charge in [-0.3, -0.25) is 14.4 Å². The number of Topliss-reactive ketones (excluding diaryl/α,β-unsaturated/α-hetero) is 1. The maximum Gasteiger partial charge on any atom is 0.308 e. The van der Waals surface area contributed by atoms with Crippen LogP contribution in [0, 0.1) is 23.7 Å². The fourth-order valence-corrected chi connectivity index (χ4v) is 3.60. The summed E-state index contributed by atoms with van der Waals surface area (Å²) in [6.45, 7) is 10.2. The van der Waals surface area contributed by atoms with Crippen LogP contribution < -0.4 is 0 Å². The minimum atomic E-state index is -0.259. The fraction of sp³-hybridized carbons (Fsp3) is 0.840. The average molecular weight is 457 g/mol. The minimum Gasteiger partial charge on any atom is -0.463 e. The van der Waals surface area contributed by atoms with Crippen LogP contribution in [0.1, 0.15) is 86.0 Å². The Morgan fingerprint density at radius 3 is 1.47 bits per heavy atom. The Balaban J connectivity index is 4.02. The molecule has 0 aromatic carbocycles. The molecule has 0 fully saturated rings. The van der Waals surface area contributed by atoms with Crippen LogP contribution in [0.2, 0.25) is 0 Å².